The number of aliphatic carboxylic acids is 1. The Morgan fingerprint density at radius 1 is 1.83 bits per heavy atom. The molecule has 66 valence electrons. The molecule has 1 heterocycles. The first-order chi connectivity index (χ1) is 5.59. The minimum atomic E-state index is -0.802. The van der Waals surface area contributed by atoms with E-state index in [1.807, 2.05) is 0 Å². The molecule has 0 saturated carbocycles. The maximum Gasteiger partial charge on any atom is 0.316 e. The third-order valence-corrected chi connectivity index (χ3v) is 2.38. The summed E-state index contributed by atoms with van der Waals surface area (Å²) in [4.78, 5) is 11.3. The van der Waals surface area contributed by atoms with Crippen LogP contribution < -0.4 is 0 Å². The SMILES string of the molecule is CC(Sc1cnn(C)c1)C(=O)O. The molecule has 4 nitrogen and oxygen atoms in total. The van der Waals surface area contributed by atoms with Gasteiger partial charge in [0, 0.05) is 18.1 Å². The Hall–Kier alpha value is -0.970. The van der Waals surface area contributed by atoms with Crippen LogP contribution in [0.3, 0.4) is 0 Å². The van der Waals surface area contributed by atoms with Crippen molar-refractivity contribution in [3.63, 3.8) is 0 Å². The average Bonchev–Trinajstić information content (AvgIpc) is 2.35. The molecule has 0 saturated heterocycles. The van der Waals surface area contributed by atoms with Crippen LogP contribution in [0, 0.1) is 0 Å². The Morgan fingerprint density at radius 2 is 2.50 bits per heavy atom. The van der Waals surface area contributed by atoms with Gasteiger partial charge in [-0.05, 0) is 6.92 Å². The van der Waals surface area contributed by atoms with Gasteiger partial charge in [-0.1, -0.05) is 0 Å². The van der Waals surface area contributed by atoms with E-state index in [-0.39, 0.29) is 0 Å². The summed E-state index contributed by atoms with van der Waals surface area (Å²) in [5, 5.41) is 12.1. The fraction of sp³-hybridized carbons (Fsp3) is 0.429. The van der Waals surface area contributed by atoms with Crippen LogP contribution in [0.1, 0.15) is 6.92 Å². The summed E-state index contributed by atoms with van der Waals surface area (Å²) < 4.78 is 1.65. The Labute approximate surface area is 74.6 Å². The Kier molecular flexibility index (Phi) is 2.75. The van der Waals surface area contributed by atoms with Crippen LogP contribution in [0.15, 0.2) is 17.3 Å². The molecule has 1 rings (SSSR count). The van der Waals surface area contributed by atoms with Gasteiger partial charge in [0.1, 0.15) is 5.25 Å². The molecule has 0 aliphatic heterocycles. The van der Waals surface area contributed by atoms with Crippen molar-refractivity contribution in [2.75, 3.05) is 0 Å². The first-order valence-electron chi connectivity index (χ1n) is 3.47. The van der Waals surface area contributed by atoms with Gasteiger partial charge < -0.3 is 5.11 Å². The molecule has 0 amide bonds. The standard InChI is InChI=1S/C7H10N2O2S/c1-5(7(10)11)12-6-3-8-9(2)4-6/h3-5H,1-2H3,(H,10,11). The van der Waals surface area contributed by atoms with E-state index < -0.39 is 11.2 Å². The number of thioether (sulfide) groups is 1. The van der Waals surface area contributed by atoms with Crippen molar-refractivity contribution >= 4 is 17.7 Å². The summed E-state index contributed by atoms with van der Waals surface area (Å²) in [6.45, 7) is 1.65. The molecule has 5 heteroatoms. The number of aryl methyl sites for hydroxylation is 1. The predicted molar refractivity (Wildman–Crippen MR) is 46.2 cm³/mol. The lowest BCUT2D eigenvalue weighted by Crippen LogP contribution is -2.10. The summed E-state index contributed by atoms with van der Waals surface area (Å²) in [5.74, 6) is -0.802. The van der Waals surface area contributed by atoms with Crippen molar-refractivity contribution in [2.45, 2.75) is 17.1 Å². The lowest BCUT2D eigenvalue weighted by Gasteiger charge is -2.01. The van der Waals surface area contributed by atoms with E-state index in [1.165, 1.54) is 11.8 Å². The molecule has 0 spiro atoms. The molecule has 0 aliphatic rings. The zero-order valence-corrected chi connectivity index (χ0v) is 7.71. The molecule has 0 radical (unpaired) electrons. The number of carbonyl (C=O) groups is 1. The average molecular weight is 186 g/mol. The predicted octanol–water partition coefficient (Wildman–Crippen LogP) is 0.985. The molecule has 0 bridgehead atoms. The number of nitrogens with zero attached hydrogens (tertiary/aromatic N) is 2. The van der Waals surface area contributed by atoms with Gasteiger partial charge in [-0.15, -0.1) is 11.8 Å². The van der Waals surface area contributed by atoms with Crippen molar-refractivity contribution < 1.29 is 9.90 Å². The van der Waals surface area contributed by atoms with Gasteiger partial charge in [0.05, 0.1) is 6.20 Å². The number of carboxylic acid groups (broad SMARTS) is 1. The molecule has 1 atom stereocenters. The molecule has 1 unspecified atom stereocenters. The van der Waals surface area contributed by atoms with Gasteiger partial charge >= 0.3 is 5.97 Å². The van der Waals surface area contributed by atoms with E-state index >= 15 is 0 Å². The zero-order chi connectivity index (χ0) is 9.14. The van der Waals surface area contributed by atoms with Gasteiger partial charge in [0.15, 0.2) is 0 Å². The number of carboxylic acids is 1. The van der Waals surface area contributed by atoms with Crippen molar-refractivity contribution in [2.24, 2.45) is 7.05 Å². The van der Waals surface area contributed by atoms with Crippen LogP contribution in [0.2, 0.25) is 0 Å². The summed E-state index contributed by atoms with van der Waals surface area (Å²) in [5.41, 5.74) is 0. The number of aromatic nitrogens is 2. The normalized spacial score (nSPS) is 12.8. The summed E-state index contributed by atoms with van der Waals surface area (Å²) in [6.07, 6.45) is 3.45. The highest BCUT2D eigenvalue weighted by molar-refractivity contribution is 8.00. The smallest absolute Gasteiger partial charge is 0.316 e. The first-order valence-corrected chi connectivity index (χ1v) is 4.35. The lowest BCUT2D eigenvalue weighted by molar-refractivity contribution is -0.136. The molecular weight excluding hydrogens is 176 g/mol. The highest BCUT2D eigenvalue weighted by atomic mass is 32.2. The maximum atomic E-state index is 10.5. The van der Waals surface area contributed by atoms with E-state index in [4.69, 9.17) is 5.11 Å². The number of hydrogen-bond donors (Lipinski definition) is 1. The highest BCUT2D eigenvalue weighted by Gasteiger charge is 2.12. The molecule has 0 aliphatic carbocycles. The van der Waals surface area contributed by atoms with Crippen LogP contribution in [0.5, 0.6) is 0 Å². The Balaban J connectivity index is 2.58. The van der Waals surface area contributed by atoms with Crippen LogP contribution in [-0.2, 0) is 11.8 Å². The number of hydrogen-bond acceptors (Lipinski definition) is 3. The summed E-state index contributed by atoms with van der Waals surface area (Å²) >= 11 is 1.29. The van der Waals surface area contributed by atoms with Gasteiger partial charge in [0.2, 0.25) is 0 Å². The van der Waals surface area contributed by atoms with Crippen LogP contribution in [0.25, 0.3) is 0 Å². The lowest BCUT2D eigenvalue weighted by atomic mass is 10.5. The van der Waals surface area contributed by atoms with Crippen molar-refractivity contribution in [3.05, 3.63) is 12.4 Å². The first kappa shape index (κ1) is 9.12. The summed E-state index contributed by atoms with van der Waals surface area (Å²) in [6, 6.07) is 0. The molecule has 1 aromatic rings. The van der Waals surface area contributed by atoms with Crippen molar-refractivity contribution in [3.8, 4) is 0 Å². The van der Waals surface area contributed by atoms with E-state index in [2.05, 4.69) is 5.10 Å². The molecule has 12 heavy (non-hydrogen) atoms. The second kappa shape index (κ2) is 3.62. The van der Waals surface area contributed by atoms with E-state index in [1.54, 1.807) is 31.0 Å². The monoisotopic (exact) mass is 186 g/mol. The van der Waals surface area contributed by atoms with E-state index in [9.17, 15) is 4.79 Å². The minimum Gasteiger partial charge on any atom is -0.480 e. The van der Waals surface area contributed by atoms with Crippen molar-refractivity contribution in [1.29, 1.82) is 0 Å². The second-order valence-electron chi connectivity index (χ2n) is 2.45. The maximum absolute atomic E-state index is 10.5. The molecule has 0 aromatic carbocycles. The molecule has 1 N–H and O–H groups in total. The second-order valence-corrected chi connectivity index (χ2v) is 3.86. The molecule has 1 aromatic heterocycles. The zero-order valence-electron chi connectivity index (χ0n) is 6.89. The van der Waals surface area contributed by atoms with Crippen LogP contribution >= 0.6 is 11.8 Å². The van der Waals surface area contributed by atoms with E-state index in [0.29, 0.717) is 0 Å². The quantitative estimate of drug-likeness (QED) is 0.715. The Bertz CT molecular complexity index is 285. The fourth-order valence-corrected chi connectivity index (χ4v) is 1.54. The van der Waals surface area contributed by atoms with Gasteiger partial charge in [-0.25, -0.2) is 0 Å². The van der Waals surface area contributed by atoms with E-state index in [0.717, 1.165) is 4.90 Å². The third-order valence-electron chi connectivity index (χ3n) is 1.34. The minimum absolute atomic E-state index is 0.422. The van der Waals surface area contributed by atoms with Crippen molar-refractivity contribution in [1.82, 2.24) is 9.78 Å². The van der Waals surface area contributed by atoms with Gasteiger partial charge in [0.25, 0.3) is 0 Å². The van der Waals surface area contributed by atoms with Crippen LogP contribution in [0.4, 0.5) is 0 Å². The largest absolute Gasteiger partial charge is 0.480 e. The van der Waals surface area contributed by atoms with Crippen LogP contribution in [-0.4, -0.2) is 26.1 Å². The molecular formula is C7H10N2O2S. The Morgan fingerprint density at radius 3 is 2.92 bits per heavy atom. The molecule has 0 fully saturated rings. The highest BCUT2D eigenvalue weighted by Crippen LogP contribution is 2.21. The third kappa shape index (κ3) is 2.27. The fourth-order valence-electron chi connectivity index (χ4n) is 0.714. The van der Waals surface area contributed by atoms with Gasteiger partial charge in [-0.3, -0.25) is 9.48 Å². The number of rotatable bonds is 3. The van der Waals surface area contributed by atoms with Gasteiger partial charge in [-0.2, -0.15) is 5.10 Å². The summed E-state index contributed by atoms with van der Waals surface area (Å²) in [7, 11) is 1.80. The topological polar surface area (TPSA) is 55.1 Å².